The molecule has 0 amide bonds. The van der Waals surface area contributed by atoms with Gasteiger partial charge in [0.15, 0.2) is 0 Å². The molecular weight excluding hydrogens is 252 g/mol. The van der Waals surface area contributed by atoms with Gasteiger partial charge in [0, 0.05) is 6.54 Å². The first kappa shape index (κ1) is 17.4. The van der Waals surface area contributed by atoms with Crippen LogP contribution < -0.4 is 5.32 Å². The summed E-state index contributed by atoms with van der Waals surface area (Å²) in [4.78, 5) is 14.3. The number of esters is 1. The third kappa shape index (κ3) is 5.80. The van der Waals surface area contributed by atoms with Crippen LogP contribution in [0.2, 0.25) is 0 Å². The number of ether oxygens (including phenoxy) is 1. The number of hydrogen-bond donors (Lipinski definition) is 1. The van der Waals surface area contributed by atoms with Crippen LogP contribution in [-0.4, -0.2) is 49.7 Å². The van der Waals surface area contributed by atoms with Crippen LogP contribution in [0.5, 0.6) is 0 Å². The number of nitrogens with one attached hydrogen (secondary N) is 1. The predicted molar refractivity (Wildman–Crippen MR) is 82.7 cm³/mol. The van der Waals surface area contributed by atoms with Gasteiger partial charge in [-0.15, -0.1) is 0 Å². The van der Waals surface area contributed by atoms with Crippen molar-refractivity contribution < 1.29 is 9.53 Å². The number of nitrogens with zero attached hydrogens (tertiary/aromatic N) is 1. The van der Waals surface area contributed by atoms with Gasteiger partial charge in [-0.05, 0) is 57.7 Å². The minimum Gasteiger partial charge on any atom is -0.465 e. The summed E-state index contributed by atoms with van der Waals surface area (Å²) in [5.74, 6) is 1.57. The molecule has 1 heterocycles. The number of carbonyl (C=O) groups excluding carboxylic acids is 1. The molecule has 0 aromatic heterocycles. The molecule has 0 aliphatic carbocycles. The van der Waals surface area contributed by atoms with Crippen LogP contribution in [0.25, 0.3) is 0 Å². The molecule has 1 fully saturated rings. The Morgan fingerprint density at radius 1 is 1.30 bits per heavy atom. The number of likely N-dealkylation sites (tertiary alicyclic amines) is 1. The standard InChI is InChI=1S/C16H32N2O2/c1-5-17-15(16(19)20-6-2)9-12-18-10-7-14(8-11-18)13(3)4/h13-15,17H,5-12H2,1-4H3. The maximum Gasteiger partial charge on any atom is 0.323 e. The number of likely N-dealkylation sites (N-methyl/N-ethyl adjacent to an activating group) is 1. The molecule has 0 radical (unpaired) electrons. The third-order valence-corrected chi connectivity index (χ3v) is 4.33. The lowest BCUT2D eigenvalue weighted by Crippen LogP contribution is -2.43. The van der Waals surface area contributed by atoms with Crippen LogP contribution in [0, 0.1) is 11.8 Å². The van der Waals surface area contributed by atoms with Crippen LogP contribution >= 0.6 is 0 Å². The van der Waals surface area contributed by atoms with Crippen LogP contribution in [0.1, 0.15) is 47.0 Å². The van der Waals surface area contributed by atoms with Crippen molar-refractivity contribution in [3.8, 4) is 0 Å². The van der Waals surface area contributed by atoms with Crippen molar-refractivity contribution in [1.29, 1.82) is 0 Å². The minimum absolute atomic E-state index is 0.105. The van der Waals surface area contributed by atoms with Crippen molar-refractivity contribution in [1.82, 2.24) is 10.2 Å². The summed E-state index contributed by atoms with van der Waals surface area (Å²) in [6, 6.07) is -0.150. The lowest BCUT2D eigenvalue weighted by atomic mass is 9.86. The maximum absolute atomic E-state index is 11.8. The molecule has 1 unspecified atom stereocenters. The molecule has 1 N–H and O–H groups in total. The van der Waals surface area contributed by atoms with Gasteiger partial charge in [-0.25, -0.2) is 0 Å². The SMILES string of the molecule is CCNC(CCN1CCC(C(C)C)CC1)C(=O)OCC. The van der Waals surface area contributed by atoms with Gasteiger partial charge in [0.25, 0.3) is 0 Å². The monoisotopic (exact) mass is 284 g/mol. The number of piperidine rings is 1. The predicted octanol–water partition coefficient (Wildman–Crippen LogP) is 2.29. The van der Waals surface area contributed by atoms with Crippen LogP contribution in [0.15, 0.2) is 0 Å². The Hall–Kier alpha value is -0.610. The third-order valence-electron chi connectivity index (χ3n) is 4.33. The molecule has 1 atom stereocenters. The minimum atomic E-state index is -0.150. The Labute approximate surface area is 124 Å². The lowest BCUT2D eigenvalue weighted by molar-refractivity contribution is -0.145. The van der Waals surface area contributed by atoms with E-state index >= 15 is 0 Å². The molecule has 1 aliphatic heterocycles. The van der Waals surface area contributed by atoms with E-state index < -0.39 is 0 Å². The highest BCUT2D eigenvalue weighted by Gasteiger charge is 2.24. The van der Waals surface area contributed by atoms with Crippen molar-refractivity contribution in [2.75, 3.05) is 32.8 Å². The van der Waals surface area contributed by atoms with Gasteiger partial charge in [-0.2, -0.15) is 0 Å². The molecular formula is C16H32N2O2. The first-order chi connectivity index (χ1) is 9.58. The topological polar surface area (TPSA) is 41.6 Å². The molecule has 0 aromatic carbocycles. The van der Waals surface area contributed by atoms with Gasteiger partial charge in [-0.1, -0.05) is 20.8 Å². The van der Waals surface area contributed by atoms with E-state index in [1.165, 1.54) is 25.9 Å². The van der Waals surface area contributed by atoms with E-state index in [-0.39, 0.29) is 12.0 Å². The van der Waals surface area contributed by atoms with E-state index in [0.717, 1.165) is 31.3 Å². The largest absolute Gasteiger partial charge is 0.465 e. The van der Waals surface area contributed by atoms with E-state index in [1.807, 2.05) is 13.8 Å². The fourth-order valence-electron chi connectivity index (χ4n) is 2.95. The van der Waals surface area contributed by atoms with E-state index in [4.69, 9.17) is 4.74 Å². The number of rotatable bonds is 8. The summed E-state index contributed by atoms with van der Waals surface area (Å²) in [5.41, 5.74) is 0. The molecule has 20 heavy (non-hydrogen) atoms. The molecule has 1 rings (SSSR count). The highest BCUT2D eigenvalue weighted by atomic mass is 16.5. The first-order valence-electron chi connectivity index (χ1n) is 8.20. The summed E-state index contributed by atoms with van der Waals surface area (Å²) in [6.07, 6.45) is 3.44. The van der Waals surface area contributed by atoms with Crippen molar-refractivity contribution >= 4 is 5.97 Å². The highest BCUT2D eigenvalue weighted by molar-refractivity contribution is 5.75. The van der Waals surface area contributed by atoms with Gasteiger partial charge in [0.1, 0.15) is 6.04 Å². The van der Waals surface area contributed by atoms with E-state index in [1.54, 1.807) is 0 Å². The average molecular weight is 284 g/mol. The summed E-state index contributed by atoms with van der Waals surface area (Å²) < 4.78 is 5.13. The molecule has 118 valence electrons. The second-order valence-electron chi connectivity index (χ2n) is 6.07. The van der Waals surface area contributed by atoms with Gasteiger partial charge in [-0.3, -0.25) is 4.79 Å². The van der Waals surface area contributed by atoms with Crippen LogP contribution in [-0.2, 0) is 9.53 Å². The fraction of sp³-hybridized carbons (Fsp3) is 0.938. The quantitative estimate of drug-likeness (QED) is 0.694. The zero-order valence-corrected chi connectivity index (χ0v) is 13.7. The van der Waals surface area contributed by atoms with Gasteiger partial charge in [0.05, 0.1) is 6.61 Å². The van der Waals surface area contributed by atoms with E-state index in [9.17, 15) is 4.79 Å². The van der Waals surface area contributed by atoms with Gasteiger partial charge < -0.3 is 15.0 Å². The summed E-state index contributed by atoms with van der Waals surface area (Å²) in [7, 11) is 0. The van der Waals surface area contributed by atoms with Gasteiger partial charge >= 0.3 is 5.97 Å². The van der Waals surface area contributed by atoms with Crippen molar-refractivity contribution in [2.45, 2.75) is 53.0 Å². The van der Waals surface area contributed by atoms with Crippen LogP contribution in [0.3, 0.4) is 0 Å². The van der Waals surface area contributed by atoms with Crippen molar-refractivity contribution in [3.05, 3.63) is 0 Å². The molecule has 0 aromatic rings. The second kappa shape index (κ2) is 9.35. The molecule has 1 aliphatic rings. The zero-order valence-electron chi connectivity index (χ0n) is 13.7. The Bertz CT molecular complexity index is 274. The molecule has 1 saturated heterocycles. The number of carbonyl (C=O) groups is 1. The highest BCUT2D eigenvalue weighted by Crippen LogP contribution is 2.24. The number of hydrogen-bond acceptors (Lipinski definition) is 4. The van der Waals surface area contributed by atoms with Crippen molar-refractivity contribution in [2.24, 2.45) is 11.8 Å². The summed E-state index contributed by atoms with van der Waals surface area (Å²) in [6.45, 7) is 13.1. The Morgan fingerprint density at radius 2 is 1.95 bits per heavy atom. The Balaban J connectivity index is 2.31. The fourth-order valence-corrected chi connectivity index (χ4v) is 2.95. The normalized spacial score (nSPS) is 19.2. The zero-order chi connectivity index (χ0) is 15.0. The summed E-state index contributed by atoms with van der Waals surface area (Å²) >= 11 is 0. The maximum atomic E-state index is 11.8. The van der Waals surface area contributed by atoms with Crippen LogP contribution in [0.4, 0.5) is 0 Å². The first-order valence-corrected chi connectivity index (χ1v) is 8.20. The van der Waals surface area contributed by atoms with Crippen molar-refractivity contribution in [3.63, 3.8) is 0 Å². The van der Waals surface area contributed by atoms with E-state index in [0.29, 0.717) is 6.61 Å². The molecule has 0 bridgehead atoms. The smallest absolute Gasteiger partial charge is 0.323 e. The molecule has 0 saturated carbocycles. The van der Waals surface area contributed by atoms with E-state index in [2.05, 4.69) is 24.1 Å². The summed E-state index contributed by atoms with van der Waals surface area (Å²) in [5, 5.41) is 3.23. The lowest BCUT2D eigenvalue weighted by Gasteiger charge is -2.34. The second-order valence-corrected chi connectivity index (χ2v) is 6.07. The van der Waals surface area contributed by atoms with Gasteiger partial charge in [0.2, 0.25) is 0 Å². The molecule has 4 heteroatoms. The molecule has 0 spiro atoms. The Kier molecular flexibility index (Phi) is 8.15. The average Bonchev–Trinajstić information content (AvgIpc) is 2.44. The Morgan fingerprint density at radius 3 is 2.45 bits per heavy atom. The molecule has 4 nitrogen and oxygen atoms in total.